The largest absolute Gasteiger partial charge is 0.504 e. The van der Waals surface area contributed by atoms with Crippen molar-refractivity contribution in [1.29, 1.82) is 5.26 Å². The summed E-state index contributed by atoms with van der Waals surface area (Å²) >= 11 is 1.43. The maximum absolute atomic E-state index is 13.9. The van der Waals surface area contributed by atoms with E-state index in [1.807, 2.05) is 19.9 Å². The molecule has 2 unspecified atom stereocenters. The molecule has 13 nitrogen and oxygen atoms in total. The van der Waals surface area contributed by atoms with Crippen LogP contribution < -0.4 is 29.6 Å². The number of benzene rings is 2. The van der Waals surface area contributed by atoms with Crippen molar-refractivity contribution in [2.75, 3.05) is 26.3 Å². The molecule has 0 aliphatic carbocycles. The number of carbonyl (C=O) groups is 3. The molecule has 4 bridgehead atoms. The molecule has 0 radical (unpaired) electrons. The van der Waals surface area contributed by atoms with E-state index in [1.165, 1.54) is 90.0 Å². The first-order valence-corrected chi connectivity index (χ1v) is 23.2. The number of phenolic OH excluding ortho intramolecular Hbond substituents is 1. The number of piperazine rings is 1. The van der Waals surface area contributed by atoms with Crippen molar-refractivity contribution in [1.82, 2.24) is 15.5 Å². The number of aryl methyl sites for hydroxylation is 1. The van der Waals surface area contributed by atoms with Gasteiger partial charge in [-0.05, 0) is 37.8 Å². The molecule has 6 aliphatic rings. The summed E-state index contributed by atoms with van der Waals surface area (Å²) in [6.07, 6.45) is 16.5. The number of unbranched alkanes of at least 4 members (excludes halogenated alkanes) is 12. The number of ether oxygens (including phenoxy) is 5. The third-order valence-corrected chi connectivity index (χ3v) is 14.4. The molecule has 6 heterocycles. The third-order valence-electron chi connectivity index (χ3n) is 13.0. The summed E-state index contributed by atoms with van der Waals surface area (Å²) in [7, 11) is 1.53. The molecule has 2 saturated heterocycles. The van der Waals surface area contributed by atoms with Gasteiger partial charge in [-0.15, -0.1) is 11.8 Å². The first-order chi connectivity index (χ1) is 29.1. The Balaban J connectivity index is 1.14. The lowest BCUT2D eigenvalue weighted by molar-refractivity contribution is -0.151. The van der Waals surface area contributed by atoms with Crippen LogP contribution in [0, 0.1) is 25.2 Å². The van der Waals surface area contributed by atoms with E-state index < -0.39 is 47.4 Å². The maximum atomic E-state index is 13.9. The van der Waals surface area contributed by atoms with Gasteiger partial charge >= 0.3 is 11.9 Å². The molecule has 1 amide bonds. The SMILES string of the molecule is CCCCCCCCCCCCCCCC(=O)NC1CS[C@@H]2c3c(OC(C)=O)c(C)c4c(c3[C@H](COC1=O)N1C2[C@@H]2N[C@H](Cc3cc(C)c(OC)c(O)c32)[C@@H]1C#N)OCO4. The Hall–Kier alpha value is -4.19. The minimum Gasteiger partial charge on any atom is -0.504 e. The molecule has 6 aliphatic heterocycles. The van der Waals surface area contributed by atoms with Crippen molar-refractivity contribution >= 4 is 29.6 Å². The number of aromatic hydroxyl groups is 1. The molecular formula is C46H62N4O9S. The number of hydrogen-bond donors (Lipinski definition) is 3. The monoisotopic (exact) mass is 846 g/mol. The summed E-state index contributed by atoms with van der Waals surface area (Å²) in [6, 6.07) is 0.866. The van der Waals surface area contributed by atoms with Crippen LogP contribution in [0.2, 0.25) is 0 Å². The van der Waals surface area contributed by atoms with E-state index in [2.05, 4.69) is 28.5 Å². The van der Waals surface area contributed by atoms with E-state index >= 15 is 0 Å². The van der Waals surface area contributed by atoms with Crippen LogP contribution in [0.3, 0.4) is 0 Å². The fourth-order valence-electron chi connectivity index (χ4n) is 10.2. The molecule has 7 atom stereocenters. The number of nitriles is 1. The molecule has 2 aromatic rings. The summed E-state index contributed by atoms with van der Waals surface area (Å²) in [4.78, 5) is 42.3. The fourth-order valence-corrected chi connectivity index (χ4v) is 11.8. The number of hydrogen-bond acceptors (Lipinski definition) is 13. The maximum Gasteiger partial charge on any atom is 0.329 e. The van der Waals surface area contributed by atoms with Crippen LogP contribution in [0.5, 0.6) is 28.7 Å². The molecule has 2 aromatic carbocycles. The minimum absolute atomic E-state index is 0.0313. The molecule has 326 valence electrons. The minimum atomic E-state index is -0.946. The fraction of sp³-hybridized carbons (Fsp3) is 0.652. The van der Waals surface area contributed by atoms with Crippen molar-refractivity contribution in [2.24, 2.45) is 0 Å². The topological polar surface area (TPSA) is 169 Å². The predicted octanol–water partition coefficient (Wildman–Crippen LogP) is 7.86. The zero-order valence-electron chi connectivity index (χ0n) is 35.9. The van der Waals surface area contributed by atoms with Gasteiger partial charge in [0.2, 0.25) is 12.7 Å². The number of nitrogens with one attached hydrogen (secondary N) is 2. The van der Waals surface area contributed by atoms with Gasteiger partial charge < -0.3 is 39.4 Å². The van der Waals surface area contributed by atoms with Gasteiger partial charge in [0.1, 0.15) is 24.4 Å². The molecule has 2 fully saturated rings. The number of carbonyl (C=O) groups excluding carboxylic acids is 3. The van der Waals surface area contributed by atoms with Gasteiger partial charge in [-0.25, -0.2) is 4.79 Å². The molecule has 0 spiro atoms. The van der Waals surface area contributed by atoms with Crippen LogP contribution in [0.15, 0.2) is 6.07 Å². The molecule has 60 heavy (non-hydrogen) atoms. The second kappa shape index (κ2) is 19.7. The molecular weight excluding hydrogens is 785 g/mol. The van der Waals surface area contributed by atoms with Crippen LogP contribution >= 0.6 is 11.8 Å². The zero-order valence-corrected chi connectivity index (χ0v) is 36.7. The average molecular weight is 847 g/mol. The number of methoxy groups -OCH3 is 1. The van der Waals surface area contributed by atoms with E-state index in [9.17, 15) is 24.8 Å². The summed E-state index contributed by atoms with van der Waals surface area (Å²) in [5.74, 6) is 0.500. The lowest BCUT2D eigenvalue weighted by Gasteiger charge is -2.59. The number of phenols is 1. The Labute approximate surface area is 358 Å². The van der Waals surface area contributed by atoms with Crippen LogP contribution in [-0.4, -0.2) is 78.3 Å². The van der Waals surface area contributed by atoms with E-state index in [0.29, 0.717) is 58.1 Å². The van der Waals surface area contributed by atoms with Gasteiger partial charge in [0.05, 0.1) is 30.5 Å². The normalized spacial score (nSPS) is 25.0. The number of nitrogens with zero attached hydrogens (tertiary/aromatic N) is 2. The Morgan fingerprint density at radius 1 is 0.967 bits per heavy atom. The Morgan fingerprint density at radius 2 is 1.63 bits per heavy atom. The lowest BCUT2D eigenvalue weighted by Crippen LogP contribution is -2.69. The molecule has 14 heteroatoms. The molecule has 0 aromatic heterocycles. The Morgan fingerprint density at radius 3 is 2.28 bits per heavy atom. The van der Waals surface area contributed by atoms with Crippen molar-refractivity contribution < 1.29 is 43.2 Å². The summed E-state index contributed by atoms with van der Waals surface area (Å²) in [5, 5.41) is 29.0. The van der Waals surface area contributed by atoms with Crippen molar-refractivity contribution in [3.63, 3.8) is 0 Å². The van der Waals surface area contributed by atoms with Crippen LogP contribution in [0.1, 0.15) is 154 Å². The highest BCUT2D eigenvalue weighted by Gasteiger charge is 2.59. The van der Waals surface area contributed by atoms with Crippen molar-refractivity contribution in [3.8, 4) is 34.8 Å². The Bertz CT molecular complexity index is 1970. The highest BCUT2D eigenvalue weighted by atomic mass is 32.2. The first-order valence-electron chi connectivity index (χ1n) is 22.1. The summed E-state index contributed by atoms with van der Waals surface area (Å²) < 4.78 is 30.0. The molecule has 0 saturated carbocycles. The second-order valence-corrected chi connectivity index (χ2v) is 18.2. The van der Waals surface area contributed by atoms with Crippen LogP contribution in [-0.2, 0) is 25.5 Å². The van der Waals surface area contributed by atoms with E-state index in [4.69, 9.17) is 23.7 Å². The number of amides is 1. The predicted molar refractivity (Wildman–Crippen MR) is 228 cm³/mol. The van der Waals surface area contributed by atoms with Gasteiger partial charge in [-0.2, -0.15) is 5.26 Å². The van der Waals surface area contributed by atoms with Gasteiger partial charge in [-0.1, -0.05) is 90.0 Å². The van der Waals surface area contributed by atoms with Gasteiger partial charge in [0, 0.05) is 53.4 Å². The number of esters is 2. The third kappa shape index (κ3) is 8.77. The van der Waals surface area contributed by atoms with E-state index in [-0.39, 0.29) is 36.9 Å². The second-order valence-electron chi connectivity index (χ2n) is 17.1. The summed E-state index contributed by atoms with van der Waals surface area (Å²) in [5.41, 5.74) is 4.30. The number of rotatable bonds is 17. The Kier molecular flexibility index (Phi) is 14.4. The van der Waals surface area contributed by atoms with E-state index in [0.717, 1.165) is 30.4 Å². The molecule has 3 N–H and O–H groups in total. The number of thioether (sulfide) groups is 1. The van der Waals surface area contributed by atoms with Crippen LogP contribution in [0.25, 0.3) is 0 Å². The first kappa shape index (κ1) is 43.9. The van der Waals surface area contributed by atoms with Gasteiger partial charge in [0.15, 0.2) is 23.0 Å². The smallest absolute Gasteiger partial charge is 0.329 e. The highest BCUT2D eigenvalue weighted by Crippen LogP contribution is 2.62. The standard InChI is InChI=1S/C46H62N4O9S/c1-6-7-8-9-10-11-12-13-14-15-16-17-18-19-34(52)48-31-24-60-45-37-36(44-43(57-25-58-44)27(3)42(37)59-28(4)51)33(23-56-46(31)54)50-32(22-47)30-21-29-20-26(2)41(55-5)40(53)35(29)38(49-30)39(45)50/h20,30-33,38-39,45,49,53H,6-19,21,23-25H2,1-5H3,(H,48,52)/t30-,31?,32+,33+,38-,39?,45-/m1/s1. The summed E-state index contributed by atoms with van der Waals surface area (Å²) in [6.45, 7) is 7.09. The average Bonchev–Trinajstić information content (AvgIpc) is 3.72. The number of fused-ring (bicyclic) bond motifs is 10. The van der Waals surface area contributed by atoms with Gasteiger partial charge in [-0.3, -0.25) is 14.5 Å². The zero-order chi connectivity index (χ0) is 42.5. The van der Waals surface area contributed by atoms with Crippen LogP contribution in [0.4, 0.5) is 0 Å². The highest BCUT2D eigenvalue weighted by molar-refractivity contribution is 7.99. The molecule has 8 rings (SSSR count). The van der Waals surface area contributed by atoms with Crippen molar-refractivity contribution in [2.45, 2.75) is 166 Å². The van der Waals surface area contributed by atoms with E-state index in [1.54, 1.807) is 0 Å². The quantitative estimate of drug-likeness (QED) is 0.0801. The van der Waals surface area contributed by atoms with Gasteiger partial charge in [0.25, 0.3) is 0 Å². The van der Waals surface area contributed by atoms with Crippen molar-refractivity contribution in [3.05, 3.63) is 39.4 Å². The lowest BCUT2D eigenvalue weighted by atomic mass is 9.72.